The van der Waals surface area contributed by atoms with E-state index in [-0.39, 0.29) is 11.5 Å². The van der Waals surface area contributed by atoms with Crippen molar-refractivity contribution in [2.75, 3.05) is 14.2 Å². The number of carbonyl (C=O) groups excluding carboxylic acids is 1. The molecule has 0 saturated carbocycles. The van der Waals surface area contributed by atoms with Crippen molar-refractivity contribution < 1.29 is 29.2 Å². The van der Waals surface area contributed by atoms with Gasteiger partial charge in [-0.15, -0.1) is 0 Å². The molecule has 0 bridgehead atoms. The fourth-order valence-electron chi connectivity index (χ4n) is 3.04. The monoisotopic (exact) mass is 458 g/mol. The van der Waals surface area contributed by atoms with Crippen molar-refractivity contribution in [3.63, 3.8) is 0 Å². The Hall–Kier alpha value is -4.45. The van der Waals surface area contributed by atoms with E-state index in [1.807, 2.05) is 36.4 Å². The van der Waals surface area contributed by atoms with Crippen molar-refractivity contribution in [3.8, 4) is 23.0 Å². The molecule has 0 amide bonds. The van der Waals surface area contributed by atoms with Gasteiger partial charge in [-0.1, -0.05) is 54.6 Å². The lowest BCUT2D eigenvalue weighted by atomic mass is 10.1. The smallest absolute Gasteiger partial charge is 0.182 e. The zero-order valence-electron chi connectivity index (χ0n) is 19.0. The molecule has 0 aliphatic rings. The molecule has 0 atom stereocenters. The van der Waals surface area contributed by atoms with Gasteiger partial charge in [0.1, 0.15) is 12.4 Å². The Kier molecular flexibility index (Phi) is 8.52. The number of allylic oxidation sites excluding steroid dienone is 3. The molecule has 0 spiro atoms. The van der Waals surface area contributed by atoms with Crippen molar-refractivity contribution in [2.45, 2.75) is 6.61 Å². The minimum absolute atomic E-state index is 0.0149. The molecule has 0 aliphatic heterocycles. The molecule has 0 aromatic heterocycles. The minimum atomic E-state index is -0.392. The van der Waals surface area contributed by atoms with Crippen LogP contribution in [0.3, 0.4) is 0 Å². The van der Waals surface area contributed by atoms with Crippen molar-refractivity contribution in [1.82, 2.24) is 0 Å². The Labute approximate surface area is 198 Å². The lowest BCUT2D eigenvalue weighted by Crippen LogP contribution is -1.97. The van der Waals surface area contributed by atoms with Gasteiger partial charge in [-0.2, -0.15) is 0 Å². The van der Waals surface area contributed by atoms with E-state index in [4.69, 9.17) is 14.2 Å². The second-order valence-electron chi connectivity index (χ2n) is 7.25. The van der Waals surface area contributed by atoms with E-state index in [0.717, 1.165) is 17.2 Å². The van der Waals surface area contributed by atoms with Crippen LogP contribution in [0.1, 0.15) is 16.7 Å². The maximum atomic E-state index is 12.1. The molecule has 3 aromatic rings. The molecule has 3 aromatic carbocycles. The predicted octanol–water partition coefficient (Wildman–Crippen LogP) is 5.73. The second kappa shape index (κ2) is 12.0. The van der Waals surface area contributed by atoms with E-state index < -0.39 is 5.78 Å². The Balaban J connectivity index is 1.62. The summed E-state index contributed by atoms with van der Waals surface area (Å²) in [6.45, 7) is 0.419. The van der Waals surface area contributed by atoms with Gasteiger partial charge < -0.3 is 24.4 Å². The van der Waals surface area contributed by atoms with Gasteiger partial charge in [0.25, 0.3) is 0 Å². The largest absolute Gasteiger partial charge is 0.508 e. The number of aliphatic hydroxyl groups excluding tert-OH is 1. The molecule has 3 rings (SSSR count). The summed E-state index contributed by atoms with van der Waals surface area (Å²) in [7, 11) is 3.01. The summed E-state index contributed by atoms with van der Waals surface area (Å²) in [4.78, 5) is 12.1. The average molecular weight is 459 g/mol. The first-order valence-electron chi connectivity index (χ1n) is 10.5. The summed E-state index contributed by atoms with van der Waals surface area (Å²) in [5, 5.41) is 19.7. The zero-order chi connectivity index (χ0) is 24.3. The Bertz CT molecular complexity index is 1210. The number of hydrogen-bond donors (Lipinski definition) is 2. The van der Waals surface area contributed by atoms with Crippen LogP contribution >= 0.6 is 0 Å². The summed E-state index contributed by atoms with van der Waals surface area (Å²) >= 11 is 0. The number of methoxy groups -OCH3 is 2. The standard InChI is InChI=1S/C28H26O6/c1-32-27-16-20(10-14-25(27)31)8-12-23(29)18-24(30)13-9-21-11-15-26(28(17-21)33-2)34-19-22-6-4-3-5-7-22/h3-18,30-31H,19H2,1-2H3/b12-8+,13-9+,24-18?. The first-order valence-corrected chi connectivity index (χ1v) is 10.5. The number of aromatic hydroxyl groups is 1. The van der Waals surface area contributed by atoms with E-state index in [9.17, 15) is 15.0 Å². The Morgan fingerprint density at radius 1 is 0.824 bits per heavy atom. The number of ether oxygens (including phenoxy) is 3. The highest BCUT2D eigenvalue weighted by molar-refractivity contribution is 6.02. The third kappa shape index (κ3) is 7.03. The van der Waals surface area contributed by atoms with Crippen LogP contribution in [0.15, 0.2) is 90.7 Å². The predicted molar refractivity (Wildman–Crippen MR) is 132 cm³/mol. The van der Waals surface area contributed by atoms with Crippen LogP contribution < -0.4 is 14.2 Å². The van der Waals surface area contributed by atoms with Crippen LogP contribution in [-0.4, -0.2) is 30.2 Å². The van der Waals surface area contributed by atoms with Gasteiger partial charge in [0.05, 0.1) is 14.2 Å². The van der Waals surface area contributed by atoms with Crippen LogP contribution in [0.2, 0.25) is 0 Å². The maximum absolute atomic E-state index is 12.1. The van der Waals surface area contributed by atoms with Crippen molar-refractivity contribution in [1.29, 1.82) is 0 Å². The van der Waals surface area contributed by atoms with Gasteiger partial charge in [-0.25, -0.2) is 0 Å². The zero-order valence-corrected chi connectivity index (χ0v) is 19.0. The van der Waals surface area contributed by atoms with E-state index in [0.29, 0.717) is 29.4 Å². The number of aliphatic hydroxyl groups is 1. The molecule has 0 fully saturated rings. The van der Waals surface area contributed by atoms with Crippen molar-refractivity contribution in [3.05, 3.63) is 107 Å². The van der Waals surface area contributed by atoms with E-state index >= 15 is 0 Å². The molecular weight excluding hydrogens is 432 g/mol. The summed E-state index contributed by atoms with van der Waals surface area (Å²) in [6.07, 6.45) is 7.08. The fourth-order valence-corrected chi connectivity index (χ4v) is 3.04. The van der Waals surface area contributed by atoms with E-state index in [1.54, 1.807) is 43.5 Å². The molecule has 0 heterocycles. The van der Waals surface area contributed by atoms with Crippen LogP contribution in [0, 0.1) is 0 Å². The summed E-state index contributed by atoms with van der Waals surface area (Å²) in [6, 6.07) is 19.9. The van der Waals surface area contributed by atoms with Gasteiger partial charge in [0.15, 0.2) is 28.8 Å². The normalized spacial score (nSPS) is 11.6. The second-order valence-corrected chi connectivity index (χ2v) is 7.25. The van der Waals surface area contributed by atoms with Crippen LogP contribution in [0.5, 0.6) is 23.0 Å². The number of carbonyl (C=O) groups is 1. The lowest BCUT2D eigenvalue weighted by Gasteiger charge is -2.11. The number of benzene rings is 3. The van der Waals surface area contributed by atoms with E-state index in [1.165, 1.54) is 25.3 Å². The maximum Gasteiger partial charge on any atom is 0.182 e. The highest BCUT2D eigenvalue weighted by Gasteiger charge is 2.06. The number of rotatable bonds is 10. The molecule has 2 N–H and O–H groups in total. The van der Waals surface area contributed by atoms with Gasteiger partial charge in [0.2, 0.25) is 0 Å². The summed E-state index contributed by atoms with van der Waals surface area (Å²) < 4.78 is 16.3. The van der Waals surface area contributed by atoms with Gasteiger partial charge in [-0.05, 0) is 53.1 Å². The summed E-state index contributed by atoms with van der Waals surface area (Å²) in [5.41, 5.74) is 2.49. The van der Waals surface area contributed by atoms with Crippen LogP contribution in [-0.2, 0) is 11.4 Å². The molecule has 34 heavy (non-hydrogen) atoms. The fraction of sp³-hybridized carbons (Fsp3) is 0.107. The highest BCUT2D eigenvalue weighted by Crippen LogP contribution is 2.29. The number of ketones is 1. The Morgan fingerprint density at radius 2 is 1.47 bits per heavy atom. The number of phenols is 1. The topological polar surface area (TPSA) is 85.2 Å². The first kappa shape index (κ1) is 24.2. The van der Waals surface area contributed by atoms with Crippen LogP contribution in [0.4, 0.5) is 0 Å². The minimum Gasteiger partial charge on any atom is -0.508 e. The van der Waals surface area contributed by atoms with Crippen molar-refractivity contribution in [2.24, 2.45) is 0 Å². The molecule has 174 valence electrons. The SMILES string of the molecule is COc1cc(/C=C/C(=O)C=C(O)/C=C/c2ccc(OCc3ccccc3)c(OC)c2)ccc1O. The van der Waals surface area contributed by atoms with Crippen LogP contribution in [0.25, 0.3) is 12.2 Å². The third-order valence-corrected chi connectivity index (χ3v) is 4.81. The molecule has 6 heteroatoms. The van der Waals surface area contributed by atoms with Crippen molar-refractivity contribution >= 4 is 17.9 Å². The van der Waals surface area contributed by atoms with E-state index in [2.05, 4.69) is 0 Å². The quantitative estimate of drug-likeness (QED) is 0.229. The average Bonchev–Trinajstić information content (AvgIpc) is 2.86. The molecule has 0 radical (unpaired) electrons. The highest BCUT2D eigenvalue weighted by atomic mass is 16.5. The summed E-state index contributed by atoms with van der Waals surface area (Å²) in [5.74, 6) is 0.904. The van der Waals surface area contributed by atoms with Gasteiger partial charge >= 0.3 is 0 Å². The third-order valence-electron chi connectivity index (χ3n) is 4.81. The molecular formula is C28H26O6. The first-order chi connectivity index (χ1) is 16.5. The number of hydrogen-bond acceptors (Lipinski definition) is 6. The van der Waals surface area contributed by atoms with Gasteiger partial charge in [0, 0.05) is 6.08 Å². The van der Waals surface area contributed by atoms with Gasteiger partial charge in [-0.3, -0.25) is 4.79 Å². The lowest BCUT2D eigenvalue weighted by molar-refractivity contribution is -0.110. The molecule has 0 saturated heterocycles. The molecule has 0 unspecified atom stereocenters. The molecule has 6 nitrogen and oxygen atoms in total. The molecule has 0 aliphatic carbocycles. The number of phenolic OH excluding ortho intramolecular Hbond substituents is 1. The Morgan fingerprint density at radius 3 is 2.18 bits per heavy atom.